The third-order valence-electron chi connectivity index (χ3n) is 8.89. The first-order valence-corrected chi connectivity index (χ1v) is 16.6. The number of nitrogens with zero attached hydrogens (tertiary/aromatic N) is 4. The summed E-state index contributed by atoms with van der Waals surface area (Å²) in [4.78, 5) is 96.6. The van der Waals surface area contributed by atoms with E-state index in [4.69, 9.17) is 11.3 Å². The van der Waals surface area contributed by atoms with Gasteiger partial charge in [-0.15, -0.1) is 0 Å². The maximum Gasteiger partial charge on any atom is 0.323 e. The largest absolute Gasteiger partial charge is 0.368 e. The Labute approximate surface area is 280 Å². The minimum atomic E-state index is -1.03. The van der Waals surface area contributed by atoms with Crippen molar-refractivity contribution >= 4 is 47.3 Å². The summed E-state index contributed by atoms with van der Waals surface area (Å²) in [7, 11) is 0. The summed E-state index contributed by atoms with van der Waals surface area (Å²) in [5, 5.41) is 5.51. The van der Waals surface area contributed by atoms with Gasteiger partial charge >= 0.3 is 6.21 Å². The molecule has 2 saturated heterocycles. The number of rotatable bonds is 17. The van der Waals surface area contributed by atoms with Crippen LogP contribution in [-0.2, 0) is 40.0 Å². The maximum atomic E-state index is 14.0. The Hall–Kier alpha value is -4.71. The molecular weight excluding hydrogens is 618 g/mol. The van der Waals surface area contributed by atoms with Gasteiger partial charge < -0.3 is 31.7 Å². The van der Waals surface area contributed by atoms with E-state index in [1.807, 2.05) is 44.2 Å². The number of hydrogen-bond donors (Lipinski definition) is 3. The highest BCUT2D eigenvalue weighted by Gasteiger charge is 2.40. The van der Waals surface area contributed by atoms with Crippen molar-refractivity contribution in [1.82, 2.24) is 20.4 Å². The lowest BCUT2D eigenvalue weighted by Crippen LogP contribution is -2.57. The molecule has 0 spiro atoms. The van der Waals surface area contributed by atoms with Crippen molar-refractivity contribution in [3.05, 3.63) is 41.4 Å². The predicted molar refractivity (Wildman–Crippen MR) is 175 cm³/mol. The van der Waals surface area contributed by atoms with Crippen molar-refractivity contribution in [2.75, 3.05) is 13.1 Å². The van der Waals surface area contributed by atoms with Gasteiger partial charge in [0.05, 0.1) is 6.04 Å². The van der Waals surface area contributed by atoms with E-state index in [-0.39, 0.29) is 56.3 Å². The molecule has 4 N–H and O–H groups in total. The Balaban J connectivity index is 1.77. The fourth-order valence-electron chi connectivity index (χ4n) is 6.45. The highest BCUT2D eigenvalue weighted by atomic mass is 16.2. The fourth-order valence-corrected chi connectivity index (χ4v) is 6.45. The summed E-state index contributed by atoms with van der Waals surface area (Å²) in [6, 6.07) is 5.52. The number of amides is 5. The lowest BCUT2D eigenvalue weighted by Gasteiger charge is -2.31. The summed E-state index contributed by atoms with van der Waals surface area (Å²) < 4.78 is 0. The van der Waals surface area contributed by atoms with Gasteiger partial charge in [0.25, 0.3) is 0 Å². The molecule has 14 heteroatoms. The predicted octanol–water partition coefficient (Wildman–Crippen LogP) is 0.957. The molecule has 2 aliphatic rings. The molecule has 48 heavy (non-hydrogen) atoms. The normalized spacial score (nSPS) is 19.2. The highest BCUT2D eigenvalue weighted by Crippen LogP contribution is 2.25. The van der Waals surface area contributed by atoms with Gasteiger partial charge in [0, 0.05) is 45.2 Å². The topological polar surface area (TPSA) is 212 Å². The zero-order valence-electron chi connectivity index (χ0n) is 27.9. The van der Waals surface area contributed by atoms with Crippen molar-refractivity contribution < 1.29 is 38.4 Å². The van der Waals surface area contributed by atoms with E-state index in [0.29, 0.717) is 32.2 Å². The van der Waals surface area contributed by atoms with Gasteiger partial charge in [0.15, 0.2) is 5.78 Å². The van der Waals surface area contributed by atoms with Crippen LogP contribution >= 0.6 is 0 Å². The zero-order chi connectivity index (χ0) is 35.4. The molecule has 3 rings (SSSR count). The second-order valence-corrected chi connectivity index (χ2v) is 13.0. The van der Waals surface area contributed by atoms with Gasteiger partial charge in [0.1, 0.15) is 18.1 Å². The molecule has 1 aromatic rings. The molecule has 2 fully saturated rings. The number of nitrogens with one attached hydrogen (secondary N) is 2. The van der Waals surface area contributed by atoms with Crippen LogP contribution in [0.1, 0.15) is 77.7 Å². The van der Waals surface area contributed by atoms with E-state index in [0.717, 1.165) is 11.8 Å². The van der Waals surface area contributed by atoms with Crippen molar-refractivity contribution in [2.45, 2.75) is 103 Å². The quantitative estimate of drug-likeness (QED) is 0.124. The molecule has 0 radical (unpaired) electrons. The molecular formula is C34H47N7O7. The molecule has 260 valence electrons. The molecule has 5 atom stereocenters. The van der Waals surface area contributed by atoms with Gasteiger partial charge in [0.2, 0.25) is 35.3 Å². The number of Topliss-reactive ketones (excluding diaryl/α,β-unsaturated/α-hetero) is 2. The summed E-state index contributed by atoms with van der Waals surface area (Å²) in [6.45, 7) is 5.85. The standard InChI is InChI=1S/C34H47N7O7/c1-21(2)17-27(34(48)41-16-8-12-29(41)33(47)38-26(31(35)45)18-23-9-5-4-6-10-23)39-32(46)24(13-14-25(43)20-37-36)19-30(44)28-11-7-15-40(28)22(3)42/h4-6,9-10,20-21,24,26-29H,7-8,11-19H2,1-3H3,(H2,35,45)(H,38,47)(H,39,46)/t24-,26-,27-,28-,29-/m0/s1. The monoisotopic (exact) mass is 665 g/mol. The van der Waals surface area contributed by atoms with Gasteiger partial charge in [-0.25, -0.2) is 0 Å². The van der Waals surface area contributed by atoms with Crippen LogP contribution < -0.4 is 16.4 Å². The first kappa shape index (κ1) is 37.7. The summed E-state index contributed by atoms with van der Waals surface area (Å²) in [5.41, 5.74) is 15.1. The Morgan fingerprint density at radius 1 is 0.958 bits per heavy atom. The molecule has 0 saturated carbocycles. The van der Waals surface area contributed by atoms with Crippen LogP contribution in [-0.4, -0.2) is 99.2 Å². The van der Waals surface area contributed by atoms with E-state index in [1.165, 1.54) is 16.7 Å². The second kappa shape index (κ2) is 18.0. The minimum Gasteiger partial charge on any atom is -0.368 e. The smallest absolute Gasteiger partial charge is 0.323 e. The van der Waals surface area contributed by atoms with Gasteiger partial charge in [-0.2, -0.15) is 4.79 Å². The minimum absolute atomic E-state index is 0.0377. The number of primary amides is 1. The Morgan fingerprint density at radius 2 is 1.60 bits per heavy atom. The number of ketones is 2. The molecule has 14 nitrogen and oxygen atoms in total. The van der Waals surface area contributed by atoms with Crippen molar-refractivity contribution in [1.29, 1.82) is 0 Å². The fraction of sp³-hybridized carbons (Fsp3) is 0.588. The second-order valence-electron chi connectivity index (χ2n) is 13.0. The molecule has 2 aliphatic heterocycles. The molecule has 5 amide bonds. The third kappa shape index (κ3) is 10.7. The summed E-state index contributed by atoms with van der Waals surface area (Å²) >= 11 is 0. The summed E-state index contributed by atoms with van der Waals surface area (Å²) in [5.74, 6) is -4.45. The average molecular weight is 666 g/mol. The van der Waals surface area contributed by atoms with Crippen LogP contribution in [0.25, 0.3) is 5.53 Å². The van der Waals surface area contributed by atoms with Crippen molar-refractivity contribution in [3.8, 4) is 0 Å². The lowest BCUT2D eigenvalue weighted by atomic mass is 9.91. The highest BCUT2D eigenvalue weighted by molar-refractivity contribution is 6.25. The summed E-state index contributed by atoms with van der Waals surface area (Å²) in [6.07, 6.45) is 2.67. The molecule has 2 heterocycles. The SMILES string of the molecule is CC(=O)N1CCC[C@H]1C(=O)C[C@H](CCC(=O)C=[N+]=[N-])C(=O)N[C@@H](CC(C)C)C(=O)N1CCC[C@H]1C(=O)N[C@@H](Cc1ccccc1)C(N)=O. The van der Waals surface area contributed by atoms with E-state index in [9.17, 15) is 33.6 Å². The Bertz CT molecular complexity index is 1410. The number of hydrogen-bond acceptors (Lipinski definition) is 7. The third-order valence-corrected chi connectivity index (χ3v) is 8.89. The van der Waals surface area contributed by atoms with Crippen molar-refractivity contribution in [3.63, 3.8) is 0 Å². The molecule has 0 aromatic heterocycles. The lowest BCUT2D eigenvalue weighted by molar-refractivity contribution is -0.143. The van der Waals surface area contributed by atoms with Gasteiger partial charge in [-0.1, -0.05) is 44.2 Å². The van der Waals surface area contributed by atoms with Crippen LogP contribution in [0, 0.1) is 11.8 Å². The number of benzene rings is 1. The van der Waals surface area contributed by atoms with E-state index < -0.39 is 59.5 Å². The molecule has 0 bridgehead atoms. The first-order chi connectivity index (χ1) is 22.8. The van der Waals surface area contributed by atoms with E-state index in [2.05, 4.69) is 15.4 Å². The maximum absolute atomic E-state index is 14.0. The van der Waals surface area contributed by atoms with Gasteiger partial charge in [-0.3, -0.25) is 33.6 Å². The molecule has 1 aromatic carbocycles. The number of carbonyl (C=O) groups is 7. The van der Waals surface area contributed by atoms with Gasteiger partial charge in [-0.05, 0) is 50.0 Å². The van der Waals surface area contributed by atoms with Crippen LogP contribution in [0.3, 0.4) is 0 Å². The Morgan fingerprint density at radius 3 is 2.21 bits per heavy atom. The van der Waals surface area contributed by atoms with Crippen LogP contribution in [0.2, 0.25) is 0 Å². The molecule has 0 aliphatic carbocycles. The van der Waals surface area contributed by atoms with Crippen molar-refractivity contribution in [2.24, 2.45) is 17.6 Å². The van der Waals surface area contributed by atoms with Crippen LogP contribution in [0.15, 0.2) is 30.3 Å². The molecule has 0 unspecified atom stereocenters. The first-order valence-electron chi connectivity index (χ1n) is 16.6. The zero-order valence-corrected chi connectivity index (χ0v) is 27.9. The number of likely N-dealkylation sites (tertiary alicyclic amines) is 2. The Kier molecular flexibility index (Phi) is 14.2. The van der Waals surface area contributed by atoms with Crippen LogP contribution in [0.4, 0.5) is 0 Å². The van der Waals surface area contributed by atoms with Crippen LogP contribution in [0.5, 0.6) is 0 Å². The van der Waals surface area contributed by atoms with E-state index >= 15 is 0 Å². The number of nitrogens with two attached hydrogens (primary N) is 1. The average Bonchev–Trinajstić information content (AvgIpc) is 3.73. The van der Waals surface area contributed by atoms with E-state index in [1.54, 1.807) is 0 Å². The number of carbonyl (C=O) groups excluding carboxylic acids is 7.